The van der Waals surface area contributed by atoms with Crippen molar-refractivity contribution in [2.75, 3.05) is 6.54 Å². The Kier molecular flexibility index (Phi) is 2.51. The first-order valence-corrected chi connectivity index (χ1v) is 5.91. The number of benzene rings is 1. The average molecular weight is 249 g/mol. The van der Waals surface area contributed by atoms with Crippen molar-refractivity contribution in [2.45, 2.75) is 18.2 Å². The fourth-order valence-electron chi connectivity index (χ4n) is 2.10. The van der Waals surface area contributed by atoms with Crippen molar-refractivity contribution in [3.8, 4) is 0 Å². The molecule has 6 heteroatoms. The number of carbonyl (C=O) groups excluding carboxylic acids is 1. The summed E-state index contributed by atoms with van der Waals surface area (Å²) >= 11 is 4.33. The Morgan fingerprint density at radius 2 is 2.35 bits per heavy atom. The third-order valence-electron chi connectivity index (χ3n) is 2.92. The Balaban J connectivity index is 1.90. The molecule has 3 rings (SSSR count). The fourth-order valence-corrected chi connectivity index (χ4v) is 2.45. The molecule has 0 aliphatic carbocycles. The number of hydrogen-bond donors (Lipinski definition) is 1. The summed E-state index contributed by atoms with van der Waals surface area (Å²) in [6.45, 7) is 1.23. The third kappa shape index (κ3) is 1.88. The van der Waals surface area contributed by atoms with Gasteiger partial charge < -0.3 is 4.90 Å². The van der Waals surface area contributed by atoms with E-state index in [1.807, 2.05) is 18.2 Å². The van der Waals surface area contributed by atoms with E-state index in [0.717, 1.165) is 16.6 Å². The number of nitrogens with zero attached hydrogens (tertiary/aromatic N) is 3. The number of thiol groups is 1. The molecule has 1 amide bonds. The predicted octanol–water partition coefficient (Wildman–Crippen LogP) is 1.25. The number of likely N-dealkylation sites (tertiary alicyclic amines) is 1. The third-order valence-corrected chi connectivity index (χ3v) is 3.27. The lowest BCUT2D eigenvalue weighted by atomic mass is 10.2. The highest BCUT2D eigenvalue weighted by Gasteiger charge is 2.27. The Morgan fingerprint density at radius 3 is 3.12 bits per heavy atom. The smallest absolute Gasteiger partial charge is 0.224 e. The molecule has 1 aliphatic rings. The monoisotopic (exact) mass is 249 g/mol. The zero-order valence-corrected chi connectivity index (χ0v) is 9.93. The molecule has 0 radical (unpaired) electrons. The molecular formula is C11H11N3O2S. The van der Waals surface area contributed by atoms with Gasteiger partial charge in [0.25, 0.3) is 0 Å². The lowest BCUT2D eigenvalue weighted by molar-refractivity contribution is -0.128. The highest BCUT2D eigenvalue weighted by Crippen LogP contribution is 2.21. The lowest BCUT2D eigenvalue weighted by Gasteiger charge is -2.15. The van der Waals surface area contributed by atoms with Gasteiger partial charge in [-0.3, -0.25) is 4.79 Å². The van der Waals surface area contributed by atoms with Crippen LogP contribution in [0.4, 0.5) is 0 Å². The molecule has 1 atom stereocenters. The summed E-state index contributed by atoms with van der Waals surface area (Å²) in [6.07, 6.45) is 0.510. The van der Waals surface area contributed by atoms with Gasteiger partial charge in [-0.05, 0) is 16.4 Å². The molecule has 2 heterocycles. The van der Waals surface area contributed by atoms with E-state index >= 15 is 0 Å². The first-order valence-electron chi connectivity index (χ1n) is 5.40. The van der Waals surface area contributed by atoms with Gasteiger partial charge in [0.2, 0.25) is 5.91 Å². The zero-order valence-electron chi connectivity index (χ0n) is 9.04. The predicted molar refractivity (Wildman–Crippen MR) is 64.6 cm³/mol. The number of carbonyl (C=O) groups is 1. The summed E-state index contributed by atoms with van der Waals surface area (Å²) in [7, 11) is 0. The van der Waals surface area contributed by atoms with Gasteiger partial charge in [-0.15, -0.1) is 0 Å². The minimum Gasteiger partial charge on any atom is -0.337 e. The van der Waals surface area contributed by atoms with Crippen LogP contribution < -0.4 is 0 Å². The Bertz CT molecular complexity index is 569. The molecule has 17 heavy (non-hydrogen) atoms. The molecule has 1 saturated heterocycles. The Hall–Kier alpha value is -1.56. The molecule has 1 unspecified atom stereocenters. The van der Waals surface area contributed by atoms with Crippen molar-refractivity contribution in [3.63, 3.8) is 0 Å². The van der Waals surface area contributed by atoms with Crippen molar-refractivity contribution >= 4 is 29.6 Å². The Labute approximate surface area is 103 Å². The van der Waals surface area contributed by atoms with Gasteiger partial charge in [0.05, 0.1) is 0 Å². The van der Waals surface area contributed by atoms with Gasteiger partial charge in [0.1, 0.15) is 11.0 Å². The van der Waals surface area contributed by atoms with Crippen LogP contribution >= 0.6 is 12.6 Å². The van der Waals surface area contributed by atoms with Crippen LogP contribution in [0, 0.1) is 0 Å². The van der Waals surface area contributed by atoms with Gasteiger partial charge in [0, 0.05) is 30.3 Å². The van der Waals surface area contributed by atoms with Gasteiger partial charge in [0.15, 0.2) is 0 Å². The summed E-state index contributed by atoms with van der Waals surface area (Å²) in [5, 5.41) is 7.78. The minimum atomic E-state index is 0.136. The van der Waals surface area contributed by atoms with E-state index in [1.54, 1.807) is 4.90 Å². The summed E-state index contributed by atoms with van der Waals surface area (Å²) < 4.78 is 4.70. The summed E-state index contributed by atoms with van der Waals surface area (Å²) in [5.41, 5.74) is 2.40. The molecule has 5 nitrogen and oxygen atoms in total. The summed E-state index contributed by atoms with van der Waals surface area (Å²) in [5.74, 6) is 0.137. The second-order valence-corrected chi connectivity index (χ2v) is 4.91. The highest BCUT2D eigenvalue weighted by molar-refractivity contribution is 7.81. The maximum Gasteiger partial charge on any atom is 0.224 e. The number of rotatable bonds is 2. The van der Waals surface area contributed by atoms with Gasteiger partial charge in [-0.2, -0.15) is 12.6 Å². The number of amides is 1. The molecule has 2 aromatic rings. The van der Waals surface area contributed by atoms with Gasteiger partial charge in [-0.1, -0.05) is 12.1 Å². The molecule has 0 spiro atoms. The van der Waals surface area contributed by atoms with Crippen LogP contribution in [-0.2, 0) is 11.3 Å². The Morgan fingerprint density at radius 1 is 1.47 bits per heavy atom. The maximum absolute atomic E-state index is 11.7. The van der Waals surface area contributed by atoms with Crippen molar-refractivity contribution in [3.05, 3.63) is 23.8 Å². The SMILES string of the molecule is O=C1CC(S)CN1Cc1cccc2nonc12. The largest absolute Gasteiger partial charge is 0.337 e. The molecule has 0 bridgehead atoms. The topological polar surface area (TPSA) is 59.2 Å². The molecular weight excluding hydrogens is 238 g/mol. The normalized spacial score (nSPS) is 20.4. The van der Waals surface area contributed by atoms with Crippen molar-refractivity contribution in [1.29, 1.82) is 0 Å². The van der Waals surface area contributed by atoms with E-state index in [4.69, 9.17) is 4.63 Å². The molecule has 88 valence electrons. The summed E-state index contributed by atoms with van der Waals surface area (Å²) in [4.78, 5) is 13.5. The van der Waals surface area contributed by atoms with E-state index in [9.17, 15) is 4.79 Å². The molecule has 0 saturated carbocycles. The van der Waals surface area contributed by atoms with E-state index in [0.29, 0.717) is 19.5 Å². The van der Waals surface area contributed by atoms with Crippen LogP contribution in [0.2, 0.25) is 0 Å². The maximum atomic E-state index is 11.7. The summed E-state index contributed by atoms with van der Waals surface area (Å²) in [6, 6.07) is 5.66. The van der Waals surface area contributed by atoms with E-state index in [-0.39, 0.29) is 11.2 Å². The van der Waals surface area contributed by atoms with Gasteiger partial charge in [-0.25, -0.2) is 4.63 Å². The first kappa shape index (κ1) is 10.6. The van der Waals surface area contributed by atoms with Crippen LogP contribution in [-0.4, -0.2) is 32.9 Å². The average Bonchev–Trinajstić information content (AvgIpc) is 2.87. The second-order valence-electron chi connectivity index (χ2n) is 4.18. The first-order chi connectivity index (χ1) is 8.24. The molecule has 1 aliphatic heterocycles. The van der Waals surface area contributed by atoms with E-state index in [2.05, 4.69) is 22.9 Å². The minimum absolute atomic E-state index is 0.136. The van der Waals surface area contributed by atoms with Crippen molar-refractivity contribution in [1.82, 2.24) is 15.2 Å². The fraction of sp³-hybridized carbons (Fsp3) is 0.364. The van der Waals surface area contributed by atoms with E-state index in [1.165, 1.54) is 0 Å². The van der Waals surface area contributed by atoms with Crippen molar-refractivity contribution < 1.29 is 9.42 Å². The number of fused-ring (bicyclic) bond motifs is 1. The standard InChI is InChI=1S/C11H11N3O2S/c15-10-4-8(17)6-14(10)5-7-2-1-3-9-11(7)13-16-12-9/h1-3,8,17H,4-6H2. The van der Waals surface area contributed by atoms with Crippen LogP contribution in [0.1, 0.15) is 12.0 Å². The van der Waals surface area contributed by atoms with E-state index < -0.39 is 0 Å². The number of hydrogen-bond acceptors (Lipinski definition) is 5. The second kappa shape index (κ2) is 4.03. The number of aromatic nitrogens is 2. The molecule has 1 fully saturated rings. The quantitative estimate of drug-likeness (QED) is 0.814. The van der Waals surface area contributed by atoms with Crippen molar-refractivity contribution in [2.24, 2.45) is 0 Å². The highest BCUT2D eigenvalue weighted by atomic mass is 32.1. The molecule has 1 aromatic carbocycles. The van der Waals surface area contributed by atoms with Crippen LogP contribution in [0.25, 0.3) is 11.0 Å². The lowest BCUT2D eigenvalue weighted by Crippen LogP contribution is -2.24. The van der Waals surface area contributed by atoms with Crippen LogP contribution in [0.5, 0.6) is 0 Å². The van der Waals surface area contributed by atoms with Crippen LogP contribution in [0.3, 0.4) is 0 Å². The molecule has 1 aromatic heterocycles. The molecule has 0 N–H and O–H groups in total. The van der Waals surface area contributed by atoms with Crippen LogP contribution in [0.15, 0.2) is 22.8 Å². The van der Waals surface area contributed by atoms with Gasteiger partial charge >= 0.3 is 0 Å². The zero-order chi connectivity index (χ0) is 11.8.